The summed E-state index contributed by atoms with van der Waals surface area (Å²) < 4.78 is 7.73. The normalized spacial score (nSPS) is 20.8. The molecule has 3 fully saturated rings. The third-order valence-corrected chi connectivity index (χ3v) is 6.55. The van der Waals surface area contributed by atoms with Crippen molar-refractivity contribution in [3.63, 3.8) is 0 Å². The highest BCUT2D eigenvalue weighted by Gasteiger charge is 2.35. The number of nitrogens with zero attached hydrogens (tertiary/aromatic N) is 4. The number of carbonyl (C=O) groups is 1. The molecule has 1 aromatic heterocycles. The molecule has 2 aromatic rings. The molecule has 2 heterocycles. The largest absolute Gasteiger partial charge is 0.378 e. The van der Waals surface area contributed by atoms with Crippen LogP contribution >= 0.6 is 11.8 Å². The minimum absolute atomic E-state index is 0.0666. The summed E-state index contributed by atoms with van der Waals surface area (Å²) in [5.41, 5.74) is 1.00. The van der Waals surface area contributed by atoms with Gasteiger partial charge >= 0.3 is 0 Å². The molecule has 1 aliphatic heterocycles. The molecule has 1 unspecified atom stereocenters. The van der Waals surface area contributed by atoms with Crippen LogP contribution in [-0.4, -0.2) is 53.0 Å². The summed E-state index contributed by atoms with van der Waals surface area (Å²) in [4.78, 5) is 15.2. The molecule has 28 heavy (non-hydrogen) atoms. The fraction of sp³-hybridized carbons (Fsp3) is 0.550. The minimum Gasteiger partial charge on any atom is -0.378 e. The zero-order chi connectivity index (χ0) is 18.9. The molecule has 0 radical (unpaired) electrons. The molecular weight excluding hydrogens is 374 g/mol. The summed E-state index contributed by atoms with van der Waals surface area (Å²) in [5, 5.41) is 12.7. The monoisotopic (exact) mass is 399 g/mol. The molecule has 1 atom stereocenters. The van der Waals surface area contributed by atoms with E-state index in [0.29, 0.717) is 12.1 Å². The standard InChI is InChI=1S/C20H25N5O2S/c26-18(21-15-6-7-15)17(14-4-2-1-3-5-14)28-20-23-22-19(25(20)16-8-9-16)24-10-12-27-13-11-24/h1-5,15-17H,6-13H2,(H,21,26). The van der Waals surface area contributed by atoms with Crippen LogP contribution in [0.15, 0.2) is 35.5 Å². The average Bonchev–Trinajstić information content (AvgIpc) is 3.67. The summed E-state index contributed by atoms with van der Waals surface area (Å²) in [7, 11) is 0. The van der Waals surface area contributed by atoms with Crippen molar-refractivity contribution >= 4 is 23.6 Å². The van der Waals surface area contributed by atoms with E-state index in [4.69, 9.17) is 4.74 Å². The number of benzene rings is 1. The van der Waals surface area contributed by atoms with Crippen LogP contribution in [0.5, 0.6) is 0 Å². The van der Waals surface area contributed by atoms with Crippen LogP contribution in [0, 0.1) is 0 Å². The molecule has 0 bridgehead atoms. The van der Waals surface area contributed by atoms with E-state index in [2.05, 4.69) is 25.0 Å². The minimum atomic E-state index is -0.318. The maximum atomic E-state index is 13.0. The highest BCUT2D eigenvalue weighted by molar-refractivity contribution is 8.00. The van der Waals surface area contributed by atoms with Gasteiger partial charge in [-0.3, -0.25) is 9.36 Å². The van der Waals surface area contributed by atoms with E-state index in [-0.39, 0.29) is 11.2 Å². The van der Waals surface area contributed by atoms with E-state index >= 15 is 0 Å². The van der Waals surface area contributed by atoms with Crippen molar-refractivity contribution in [1.82, 2.24) is 20.1 Å². The Labute approximate surface area is 168 Å². The Kier molecular flexibility index (Phi) is 4.98. The number of carbonyl (C=O) groups excluding carboxylic acids is 1. The van der Waals surface area contributed by atoms with Crippen molar-refractivity contribution in [2.45, 2.75) is 48.2 Å². The van der Waals surface area contributed by atoms with Gasteiger partial charge in [-0.05, 0) is 31.2 Å². The van der Waals surface area contributed by atoms with Crippen LogP contribution in [0.1, 0.15) is 42.5 Å². The molecule has 2 aliphatic carbocycles. The first-order valence-corrected chi connectivity index (χ1v) is 11.0. The molecule has 2 saturated carbocycles. The molecule has 7 nitrogen and oxygen atoms in total. The van der Waals surface area contributed by atoms with Gasteiger partial charge in [-0.25, -0.2) is 0 Å². The lowest BCUT2D eigenvalue weighted by Gasteiger charge is -2.28. The van der Waals surface area contributed by atoms with Gasteiger partial charge in [0.2, 0.25) is 11.9 Å². The van der Waals surface area contributed by atoms with Gasteiger partial charge in [0, 0.05) is 25.2 Å². The van der Waals surface area contributed by atoms with E-state index in [1.54, 1.807) is 0 Å². The van der Waals surface area contributed by atoms with Crippen molar-refractivity contribution in [3.8, 4) is 0 Å². The molecule has 1 saturated heterocycles. The second-order valence-corrected chi connectivity index (χ2v) is 8.75. The highest BCUT2D eigenvalue weighted by Crippen LogP contribution is 2.44. The van der Waals surface area contributed by atoms with Crippen LogP contribution in [0.3, 0.4) is 0 Å². The number of thioether (sulfide) groups is 1. The highest BCUT2D eigenvalue weighted by atomic mass is 32.2. The molecule has 5 rings (SSSR count). The van der Waals surface area contributed by atoms with Crippen molar-refractivity contribution in [3.05, 3.63) is 35.9 Å². The van der Waals surface area contributed by atoms with Crippen LogP contribution < -0.4 is 10.2 Å². The van der Waals surface area contributed by atoms with Crippen LogP contribution in [0.4, 0.5) is 5.95 Å². The second-order valence-electron chi connectivity index (χ2n) is 7.67. The number of morpholine rings is 1. The van der Waals surface area contributed by atoms with Gasteiger partial charge in [-0.2, -0.15) is 0 Å². The summed E-state index contributed by atoms with van der Waals surface area (Å²) >= 11 is 1.52. The Morgan fingerprint density at radius 1 is 1.11 bits per heavy atom. The van der Waals surface area contributed by atoms with Gasteiger partial charge in [0.05, 0.1) is 13.2 Å². The Balaban J connectivity index is 1.43. The maximum absolute atomic E-state index is 13.0. The van der Waals surface area contributed by atoms with Gasteiger partial charge in [-0.15, -0.1) is 10.2 Å². The second kappa shape index (κ2) is 7.75. The molecular formula is C20H25N5O2S. The van der Waals surface area contributed by atoms with Gasteiger partial charge in [0.15, 0.2) is 5.16 Å². The molecule has 1 amide bonds. The summed E-state index contributed by atoms with van der Waals surface area (Å²) in [6.07, 6.45) is 4.45. The van der Waals surface area contributed by atoms with Gasteiger partial charge in [0.1, 0.15) is 5.25 Å². The summed E-state index contributed by atoms with van der Waals surface area (Å²) in [6, 6.07) is 10.8. The quantitative estimate of drug-likeness (QED) is 0.722. The zero-order valence-corrected chi connectivity index (χ0v) is 16.6. The first-order valence-electron chi connectivity index (χ1n) is 10.1. The summed E-state index contributed by atoms with van der Waals surface area (Å²) in [6.45, 7) is 3.10. The third kappa shape index (κ3) is 3.89. The van der Waals surface area contributed by atoms with E-state index in [9.17, 15) is 4.79 Å². The maximum Gasteiger partial charge on any atom is 0.238 e. The Bertz CT molecular complexity index is 828. The van der Waals surface area contributed by atoms with Gasteiger partial charge in [0.25, 0.3) is 0 Å². The Morgan fingerprint density at radius 3 is 2.54 bits per heavy atom. The fourth-order valence-electron chi connectivity index (χ4n) is 3.49. The summed E-state index contributed by atoms with van der Waals surface area (Å²) in [5.74, 6) is 0.986. The predicted octanol–water partition coefficient (Wildman–Crippen LogP) is 2.56. The van der Waals surface area contributed by atoms with Crippen LogP contribution in [0.2, 0.25) is 0 Å². The van der Waals surface area contributed by atoms with Crippen molar-refractivity contribution in [2.24, 2.45) is 0 Å². The smallest absolute Gasteiger partial charge is 0.238 e. The molecule has 148 valence electrons. The lowest BCUT2D eigenvalue weighted by atomic mass is 10.1. The number of hydrogen-bond donors (Lipinski definition) is 1. The predicted molar refractivity (Wildman–Crippen MR) is 108 cm³/mol. The molecule has 3 aliphatic rings. The molecule has 0 spiro atoms. The van der Waals surface area contributed by atoms with Crippen LogP contribution in [0.25, 0.3) is 0 Å². The Hall–Kier alpha value is -2.06. The fourth-order valence-corrected chi connectivity index (χ4v) is 4.60. The number of rotatable bonds is 7. The number of nitrogens with one attached hydrogen (secondary N) is 1. The average molecular weight is 400 g/mol. The van der Waals surface area contributed by atoms with Crippen LogP contribution in [-0.2, 0) is 9.53 Å². The van der Waals surface area contributed by atoms with Crippen molar-refractivity contribution in [1.29, 1.82) is 0 Å². The lowest BCUT2D eigenvalue weighted by molar-refractivity contribution is -0.120. The third-order valence-electron chi connectivity index (χ3n) is 5.34. The van der Waals surface area contributed by atoms with E-state index in [1.165, 1.54) is 11.8 Å². The SMILES string of the molecule is O=C(NC1CC1)C(Sc1nnc(N2CCOCC2)n1C1CC1)c1ccccc1. The first-order chi connectivity index (χ1) is 13.8. The van der Waals surface area contributed by atoms with Gasteiger partial charge in [-0.1, -0.05) is 42.1 Å². The van der Waals surface area contributed by atoms with Crippen molar-refractivity contribution in [2.75, 3.05) is 31.2 Å². The first kappa shape index (κ1) is 18.0. The number of aromatic nitrogens is 3. The number of hydrogen-bond acceptors (Lipinski definition) is 6. The zero-order valence-electron chi connectivity index (χ0n) is 15.8. The van der Waals surface area contributed by atoms with Crippen molar-refractivity contribution < 1.29 is 9.53 Å². The number of ether oxygens (including phenoxy) is 1. The topological polar surface area (TPSA) is 72.3 Å². The Morgan fingerprint density at radius 2 is 1.86 bits per heavy atom. The molecule has 8 heteroatoms. The van der Waals surface area contributed by atoms with E-state index in [1.807, 2.05) is 30.3 Å². The number of amides is 1. The molecule has 1 N–H and O–H groups in total. The number of anilines is 1. The lowest BCUT2D eigenvalue weighted by Crippen LogP contribution is -2.38. The molecule has 1 aromatic carbocycles. The van der Waals surface area contributed by atoms with E-state index < -0.39 is 0 Å². The van der Waals surface area contributed by atoms with Gasteiger partial charge < -0.3 is 15.0 Å². The van der Waals surface area contributed by atoms with E-state index in [0.717, 1.165) is 68.7 Å².